The van der Waals surface area contributed by atoms with E-state index in [0.29, 0.717) is 5.56 Å². The molecule has 0 heterocycles. The van der Waals surface area contributed by atoms with E-state index < -0.39 is 0 Å². The van der Waals surface area contributed by atoms with Gasteiger partial charge in [0.05, 0.1) is 6.04 Å². The van der Waals surface area contributed by atoms with Gasteiger partial charge in [-0.1, -0.05) is 91.0 Å². The largest absolute Gasteiger partial charge is 0.344 e. The molecule has 3 aromatic rings. The molecule has 2 amide bonds. The Morgan fingerprint density at radius 2 is 1.37 bits per heavy atom. The third kappa shape index (κ3) is 6.04. The fourth-order valence-corrected chi connectivity index (χ4v) is 2.88. The summed E-state index contributed by atoms with van der Waals surface area (Å²) in [6, 6.07) is 28.0. The van der Waals surface area contributed by atoms with E-state index in [1.807, 2.05) is 79.7 Å². The van der Waals surface area contributed by atoms with E-state index in [9.17, 15) is 9.59 Å². The topological polar surface area (TPSA) is 58.2 Å². The highest BCUT2D eigenvalue weighted by Gasteiger charge is 2.16. The summed E-state index contributed by atoms with van der Waals surface area (Å²) in [5, 5.41) is 5.68. The second kappa shape index (κ2) is 10.6. The molecular formula is C26H24N2O2. The molecule has 0 radical (unpaired) electrons. The van der Waals surface area contributed by atoms with Crippen molar-refractivity contribution in [2.24, 2.45) is 0 Å². The van der Waals surface area contributed by atoms with E-state index in [1.165, 1.54) is 0 Å². The second-order valence-corrected chi connectivity index (χ2v) is 6.78. The van der Waals surface area contributed by atoms with E-state index in [2.05, 4.69) is 10.6 Å². The van der Waals surface area contributed by atoms with Crippen molar-refractivity contribution in [3.63, 3.8) is 0 Å². The van der Waals surface area contributed by atoms with Gasteiger partial charge in [-0.25, -0.2) is 0 Å². The number of hydrogen-bond donors (Lipinski definition) is 2. The molecule has 0 aliphatic rings. The number of amides is 2. The Labute approximate surface area is 177 Å². The van der Waals surface area contributed by atoms with Crippen LogP contribution in [0.1, 0.15) is 34.5 Å². The number of carbonyl (C=O) groups excluding carboxylic acids is 2. The maximum Gasteiger partial charge on any atom is 0.268 e. The van der Waals surface area contributed by atoms with E-state index >= 15 is 0 Å². The fraction of sp³-hybridized carbons (Fsp3) is 0.0769. The SMILES string of the molecule is CC(NC(=O)/C(=C\C=C\c1ccccc1)NC(=O)c1ccccc1)c1ccccc1. The van der Waals surface area contributed by atoms with Gasteiger partial charge in [-0.05, 0) is 36.3 Å². The number of benzene rings is 3. The van der Waals surface area contributed by atoms with Crippen molar-refractivity contribution in [3.05, 3.63) is 126 Å². The quantitative estimate of drug-likeness (QED) is 0.441. The zero-order chi connectivity index (χ0) is 21.2. The highest BCUT2D eigenvalue weighted by Crippen LogP contribution is 2.12. The standard InChI is InChI=1S/C26H24N2O2/c1-20(22-15-7-3-8-16-22)27-26(30)24(19-11-14-21-12-5-2-6-13-21)28-25(29)23-17-9-4-10-18-23/h2-20H,1H3,(H,27,30)(H,28,29)/b14-11+,24-19+. The van der Waals surface area contributed by atoms with Crippen LogP contribution >= 0.6 is 0 Å². The van der Waals surface area contributed by atoms with Gasteiger partial charge in [-0.3, -0.25) is 9.59 Å². The fourth-order valence-electron chi connectivity index (χ4n) is 2.88. The van der Waals surface area contributed by atoms with E-state index in [0.717, 1.165) is 11.1 Å². The van der Waals surface area contributed by atoms with Crippen LogP contribution in [0.15, 0.2) is 109 Å². The Morgan fingerprint density at radius 1 is 0.800 bits per heavy atom. The minimum Gasteiger partial charge on any atom is -0.344 e. The average Bonchev–Trinajstić information content (AvgIpc) is 2.80. The number of allylic oxidation sites excluding steroid dienone is 2. The summed E-state index contributed by atoms with van der Waals surface area (Å²) in [5.41, 5.74) is 2.65. The van der Waals surface area contributed by atoms with Crippen molar-refractivity contribution >= 4 is 17.9 Å². The lowest BCUT2D eigenvalue weighted by Gasteiger charge is -2.16. The van der Waals surface area contributed by atoms with Crippen LogP contribution in [0.25, 0.3) is 6.08 Å². The second-order valence-electron chi connectivity index (χ2n) is 6.78. The predicted molar refractivity (Wildman–Crippen MR) is 120 cm³/mol. The summed E-state index contributed by atoms with van der Waals surface area (Å²) < 4.78 is 0. The molecule has 3 rings (SSSR count). The van der Waals surface area contributed by atoms with Crippen molar-refractivity contribution in [1.29, 1.82) is 0 Å². The van der Waals surface area contributed by atoms with Gasteiger partial charge in [0.2, 0.25) is 0 Å². The number of rotatable bonds is 7. The monoisotopic (exact) mass is 396 g/mol. The van der Waals surface area contributed by atoms with Crippen molar-refractivity contribution < 1.29 is 9.59 Å². The van der Waals surface area contributed by atoms with Crippen molar-refractivity contribution in [1.82, 2.24) is 10.6 Å². The molecular weight excluding hydrogens is 372 g/mol. The van der Waals surface area contributed by atoms with Crippen LogP contribution in [0.2, 0.25) is 0 Å². The Morgan fingerprint density at radius 3 is 2.00 bits per heavy atom. The average molecular weight is 396 g/mol. The van der Waals surface area contributed by atoms with Crippen molar-refractivity contribution in [3.8, 4) is 0 Å². The smallest absolute Gasteiger partial charge is 0.268 e. The van der Waals surface area contributed by atoms with Gasteiger partial charge < -0.3 is 10.6 Å². The molecule has 0 saturated carbocycles. The van der Waals surface area contributed by atoms with E-state index in [1.54, 1.807) is 36.4 Å². The zero-order valence-corrected chi connectivity index (χ0v) is 16.8. The molecule has 0 aromatic heterocycles. The molecule has 1 atom stereocenters. The molecule has 0 fully saturated rings. The third-order valence-electron chi connectivity index (χ3n) is 4.53. The van der Waals surface area contributed by atoms with Gasteiger partial charge in [0, 0.05) is 5.56 Å². The Balaban J connectivity index is 1.78. The van der Waals surface area contributed by atoms with E-state index in [4.69, 9.17) is 0 Å². The van der Waals surface area contributed by atoms with E-state index in [-0.39, 0.29) is 23.6 Å². The molecule has 0 spiro atoms. The molecule has 4 heteroatoms. The maximum atomic E-state index is 12.9. The molecule has 3 aromatic carbocycles. The highest BCUT2D eigenvalue weighted by atomic mass is 16.2. The summed E-state index contributed by atoms with van der Waals surface area (Å²) in [4.78, 5) is 25.5. The normalized spacial score (nSPS) is 12.4. The zero-order valence-electron chi connectivity index (χ0n) is 16.8. The van der Waals surface area contributed by atoms with Crippen LogP contribution in [-0.4, -0.2) is 11.8 Å². The molecule has 0 aliphatic heterocycles. The van der Waals surface area contributed by atoms with Crippen molar-refractivity contribution in [2.75, 3.05) is 0 Å². The first-order chi connectivity index (χ1) is 14.6. The molecule has 0 bridgehead atoms. The summed E-state index contributed by atoms with van der Waals surface area (Å²) in [6.45, 7) is 1.91. The summed E-state index contributed by atoms with van der Waals surface area (Å²) in [6.07, 6.45) is 5.24. The van der Waals surface area contributed by atoms with Gasteiger partial charge in [-0.15, -0.1) is 0 Å². The molecule has 0 saturated heterocycles. The summed E-state index contributed by atoms with van der Waals surface area (Å²) in [7, 11) is 0. The summed E-state index contributed by atoms with van der Waals surface area (Å²) >= 11 is 0. The number of carbonyl (C=O) groups is 2. The summed E-state index contributed by atoms with van der Waals surface area (Å²) in [5.74, 6) is -0.689. The molecule has 4 nitrogen and oxygen atoms in total. The van der Waals surface area contributed by atoms with Gasteiger partial charge in [-0.2, -0.15) is 0 Å². The van der Waals surface area contributed by atoms with Gasteiger partial charge in [0.1, 0.15) is 5.70 Å². The van der Waals surface area contributed by atoms with Gasteiger partial charge in [0.25, 0.3) is 11.8 Å². The van der Waals surface area contributed by atoms with Crippen LogP contribution in [0, 0.1) is 0 Å². The lowest BCUT2D eigenvalue weighted by Crippen LogP contribution is -2.36. The predicted octanol–water partition coefficient (Wildman–Crippen LogP) is 4.89. The first-order valence-corrected chi connectivity index (χ1v) is 9.79. The minimum atomic E-state index is -0.353. The van der Waals surface area contributed by atoms with Crippen LogP contribution in [0.5, 0.6) is 0 Å². The first-order valence-electron chi connectivity index (χ1n) is 9.79. The molecule has 1 unspecified atom stereocenters. The lowest BCUT2D eigenvalue weighted by atomic mass is 10.1. The first kappa shape index (κ1) is 20.8. The van der Waals surface area contributed by atoms with Gasteiger partial charge >= 0.3 is 0 Å². The minimum absolute atomic E-state index is 0.179. The highest BCUT2D eigenvalue weighted by molar-refractivity contribution is 6.03. The Hall–Kier alpha value is -3.92. The maximum absolute atomic E-state index is 12.9. The number of hydrogen-bond acceptors (Lipinski definition) is 2. The number of nitrogens with one attached hydrogen (secondary N) is 2. The van der Waals surface area contributed by atoms with Crippen LogP contribution < -0.4 is 10.6 Å². The molecule has 0 aliphatic carbocycles. The Kier molecular flexibility index (Phi) is 7.34. The molecule has 150 valence electrons. The Bertz CT molecular complexity index is 1030. The van der Waals surface area contributed by atoms with Crippen LogP contribution in [-0.2, 0) is 4.79 Å². The van der Waals surface area contributed by atoms with Crippen LogP contribution in [0.4, 0.5) is 0 Å². The lowest BCUT2D eigenvalue weighted by molar-refractivity contribution is -0.118. The third-order valence-corrected chi connectivity index (χ3v) is 4.53. The van der Waals surface area contributed by atoms with Crippen LogP contribution in [0.3, 0.4) is 0 Å². The molecule has 30 heavy (non-hydrogen) atoms. The van der Waals surface area contributed by atoms with Crippen molar-refractivity contribution in [2.45, 2.75) is 13.0 Å². The molecule has 2 N–H and O–H groups in total. The van der Waals surface area contributed by atoms with Gasteiger partial charge in [0.15, 0.2) is 0 Å².